The quantitative estimate of drug-likeness (QED) is 0.743. The lowest BCUT2D eigenvalue weighted by molar-refractivity contribution is 0.102. The molecule has 0 atom stereocenters. The molecule has 1 aromatic heterocycles. The minimum atomic E-state index is -0.285. The number of nitrogens with one attached hydrogen (secondary N) is 2. The maximum Gasteiger partial charge on any atom is 0.272 e. The van der Waals surface area contributed by atoms with Crippen molar-refractivity contribution in [2.45, 2.75) is 6.92 Å². The summed E-state index contributed by atoms with van der Waals surface area (Å²) in [5, 5.41) is 13.4. The zero-order valence-electron chi connectivity index (χ0n) is 11.8. The van der Waals surface area contributed by atoms with Crippen LogP contribution in [0.2, 0.25) is 5.02 Å². The fourth-order valence-electron chi connectivity index (χ4n) is 2.41. The summed E-state index contributed by atoms with van der Waals surface area (Å²) in [5.41, 5.74) is 3.03. The summed E-state index contributed by atoms with van der Waals surface area (Å²) in [7, 11) is 0. The standard InChI is InChI=1S/C17H12ClN3O/c1-10-13-7-6-12(18)8-15(13)20-16(10)17(22)21-14-5-3-2-4-11(14)9-19/h2-8,20H,1H3,(H,21,22). The molecule has 0 radical (unpaired) electrons. The van der Waals surface area contributed by atoms with Crippen LogP contribution < -0.4 is 5.32 Å². The van der Waals surface area contributed by atoms with Crippen molar-refractivity contribution in [1.82, 2.24) is 4.98 Å². The van der Waals surface area contributed by atoms with Crippen molar-refractivity contribution >= 4 is 34.1 Å². The topological polar surface area (TPSA) is 68.7 Å². The molecule has 1 amide bonds. The predicted molar refractivity (Wildman–Crippen MR) is 87.2 cm³/mol. The van der Waals surface area contributed by atoms with Gasteiger partial charge in [0.15, 0.2) is 0 Å². The molecule has 0 bridgehead atoms. The number of nitrogens with zero attached hydrogens (tertiary/aromatic N) is 1. The summed E-state index contributed by atoms with van der Waals surface area (Å²) in [4.78, 5) is 15.6. The van der Waals surface area contributed by atoms with E-state index in [1.807, 2.05) is 13.0 Å². The van der Waals surface area contributed by atoms with Crippen LogP contribution in [0.3, 0.4) is 0 Å². The lowest BCUT2D eigenvalue weighted by Crippen LogP contribution is -2.14. The Kier molecular flexibility index (Phi) is 3.58. The van der Waals surface area contributed by atoms with Gasteiger partial charge in [0.1, 0.15) is 11.8 Å². The smallest absolute Gasteiger partial charge is 0.272 e. The molecule has 3 aromatic rings. The monoisotopic (exact) mass is 309 g/mol. The van der Waals surface area contributed by atoms with Gasteiger partial charge < -0.3 is 10.3 Å². The lowest BCUT2D eigenvalue weighted by Gasteiger charge is -2.06. The van der Waals surface area contributed by atoms with Crippen molar-refractivity contribution in [1.29, 1.82) is 5.26 Å². The number of carbonyl (C=O) groups excluding carboxylic acids is 1. The van der Waals surface area contributed by atoms with Crippen LogP contribution in [0.1, 0.15) is 21.6 Å². The third-order valence-corrected chi connectivity index (χ3v) is 3.78. The molecule has 1 heterocycles. The van der Waals surface area contributed by atoms with E-state index in [9.17, 15) is 4.79 Å². The summed E-state index contributed by atoms with van der Waals surface area (Å²) in [5.74, 6) is -0.285. The maximum atomic E-state index is 12.5. The number of anilines is 1. The normalized spacial score (nSPS) is 10.4. The highest BCUT2D eigenvalue weighted by Gasteiger charge is 2.16. The third-order valence-electron chi connectivity index (χ3n) is 3.54. The summed E-state index contributed by atoms with van der Waals surface area (Å²) in [6.07, 6.45) is 0. The first-order valence-electron chi connectivity index (χ1n) is 6.68. The van der Waals surface area contributed by atoms with Gasteiger partial charge >= 0.3 is 0 Å². The number of fused-ring (bicyclic) bond motifs is 1. The summed E-state index contributed by atoms with van der Waals surface area (Å²) in [6, 6.07) is 14.4. The molecule has 4 nitrogen and oxygen atoms in total. The van der Waals surface area contributed by atoms with E-state index in [1.165, 1.54) is 0 Å². The Morgan fingerprint density at radius 3 is 2.82 bits per heavy atom. The van der Waals surface area contributed by atoms with Gasteiger partial charge in [-0.1, -0.05) is 29.8 Å². The largest absolute Gasteiger partial charge is 0.350 e. The number of aryl methyl sites for hydroxylation is 1. The van der Waals surface area contributed by atoms with Gasteiger partial charge in [-0.05, 0) is 36.8 Å². The molecule has 3 rings (SSSR count). The number of nitriles is 1. The number of H-pyrrole nitrogens is 1. The predicted octanol–water partition coefficient (Wildman–Crippen LogP) is 4.25. The van der Waals surface area contributed by atoms with Gasteiger partial charge in [0.05, 0.1) is 11.3 Å². The Balaban J connectivity index is 1.99. The van der Waals surface area contributed by atoms with Gasteiger partial charge in [0.2, 0.25) is 0 Å². The van der Waals surface area contributed by atoms with Crippen LogP contribution >= 0.6 is 11.6 Å². The number of halogens is 1. The molecule has 2 aromatic carbocycles. The highest BCUT2D eigenvalue weighted by molar-refractivity contribution is 6.31. The van der Waals surface area contributed by atoms with Crippen LogP contribution in [0, 0.1) is 18.3 Å². The van der Waals surface area contributed by atoms with Gasteiger partial charge in [-0.3, -0.25) is 4.79 Å². The second-order valence-electron chi connectivity index (χ2n) is 4.93. The van der Waals surface area contributed by atoms with E-state index >= 15 is 0 Å². The van der Waals surface area contributed by atoms with E-state index in [0.29, 0.717) is 22.0 Å². The Morgan fingerprint density at radius 1 is 1.27 bits per heavy atom. The zero-order valence-corrected chi connectivity index (χ0v) is 12.5. The molecular formula is C17H12ClN3O. The minimum absolute atomic E-state index is 0.285. The molecule has 108 valence electrons. The number of amides is 1. The van der Waals surface area contributed by atoms with E-state index < -0.39 is 0 Å². The molecule has 5 heteroatoms. The van der Waals surface area contributed by atoms with Crippen LogP contribution in [0.4, 0.5) is 5.69 Å². The SMILES string of the molecule is Cc1c(C(=O)Nc2ccccc2C#N)[nH]c2cc(Cl)ccc12. The molecule has 0 aliphatic rings. The van der Waals surface area contributed by atoms with Gasteiger partial charge in [-0.2, -0.15) is 5.26 Å². The van der Waals surface area contributed by atoms with Crippen LogP contribution in [0.25, 0.3) is 10.9 Å². The summed E-state index contributed by atoms with van der Waals surface area (Å²) in [6.45, 7) is 1.87. The molecule has 0 saturated carbocycles. The van der Waals surface area contributed by atoms with E-state index in [4.69, 9.17) is 16.9 Å². The number of benzene rings is 2. The van der Waals surface area contributed by atoms with Crippen molar-refractivity contribution in [2.75, 3.05) is 5.32 Å². The molecule has 0 spiro atoms. The molecule has 0 saturated heterocycles. The number of carbonyl (C=O) groups is 1. The van der Waals surface area contributed by atoms with E-state index in [1.54, 1.807) is 36.4 Å². The van der Waals surface area contributed by atoms with Gasteiger partial charge in [-0.25, -0.2) is 0 Å². The molecule has 22 heavy (non-hydrogen) atoms. The van der Waals surface area contributed by atoms with Crippen molar-refractivity contribution in [3.05, 3.63) is 64.3 Å². The molecule has 0 aliphatic carbocycles. The highest BCUT2D eigenvalue weighted by Crippen LogP contribution is 2.25. The van der Waals surface area contributed by atoms with Crippen molar-refractivity contribution in [3.63, 3.8) is 0 Å². The average molecular weight is 310 g/mol. The van der Waals surface area contributed by atoms with Crippen LogP contribution in [-0.2, 0) is 0 Å². The van der Waals surface area contributed by atoms with E-state index in [0.717, 1.165) is 16.5 Å². The Labute approximate surface area is 132 Å². The number of aromatic nitrogens is 1. The van der Waals surface area contributed by atoms with E-state index in [-0.39, 0.29) is 5.91 Å². The lowest BCUT2D eigenvalue weighted by atomic mass is 10.1. The molecule has 0 fully saturated rings. The third kappa shape index (κ3) is 2.43. The van der Waals surface area contributed by atoms with Crippen LogP contribution in [-0.4, -0.2) is 10.9 Å². The summed E-state index contributed by atoms with van der Waals surface area (Å²) >= 11 is 5.97. The zero-order chi connectivity index (χ0) is 15.7. The number of para-hydroxylation sites is 1. The first-order chi connectivity index (χ1) is 10.6. The van der Waals surface area contributed by atoms with E-state index in [2.05, 4.69) is 16.4 Å². The van der Waals surface area contributed by atoms with Gasteiger partial charge in [0, 0.05) is 15.9 Å². The van der Waals surface area contributed by atoms with Crippen molar-refractivity contribution in [3.8, 4) is 6.07 Å². The van der Waals surface area contributed by atoms with Crippen molar-refractivity contribution in [2.24, 2.45) is 0 Å². The van der Waals surface area contributed by atoms with Gasteiger partial charge in [-0.15, -0.1) is 0 Å². The fourth-order valence-corrected chi connectivity index (χ4v) is 2.58. The summed E-state index contributed by atoms with van der Waals surface area (Å²) < 4.78 is 0. The number of aromatic amines is 1. The van der Waals surface area contributed by atoms with Crippen LogP contribution in [0.15, 0.2) is 42.5 Å². The second-order valence-corrected chi connectivity index (χ2v) is 5.36. The first-order valence-corrected chi connectivity index (χ1v) is 7.06. The Bertz CT molecular complexity index is 921. The second kappa shape index (κ2) is 5.55. The maximum absolute atomic E-state index is 12.5. The molecule has 2 N–H and O–H groups in total. The van der Waals surface area contributed by atoms with Crippen molar-refractivity contribution < 1.29 is 4.79 Å². The first kappa shape index (κ1) is 14.2. The molecule has 0 unspecified atom stereocenters. The van der Waals surface area contributed by atoms with Gasteiger partial charge in [0.25, 0.3) is 5.91 Å². The molecular weight excluding hydrogens is 298 g/mol. The minimum Gasteiger partial charge on any atom is -0.350 e. The number of hydrogen-bond acceptors (Lipinski definition) is 2. The highest BCUT2D eigenvalue weighted by atomic mass is 35.5. The molecule has 0 aliphatic heterocycles. The average Bonchev–Trinajstić information content (AvgIpc) is 2.84. The Hall–Kier alpha value is -2.77. The number of hydrogen-bond donors (Lipinski definition) is 2. The van der Waals surface area contributed by atoms with Crippen LogP contribution in [0.5, 0.6) is 0 Å². The fraction of sp³-hybridized carbons (Fsp3) is 0.0588. The Morgan fingerprint density at radius 2 is 2.05 bits per heavy atom. The number of rotatable bonds is 2.